The quantitative estimate of drug-likeness (QED) is 0.208. The van der Waals surface area contributed by atoms with Crippen LogP contribution in [-0.2, 0) is 4.74 Å². The molecule has 0 fully saturated rings. The van der Waals surface area contributed by atoms with E-state index in [1.54, 1.807) is 26.8 Å². The van der Waals surface area contributed by atoms with Crippen molar-refractivity contribution >= 4 is 23.7 Å². The van der Waals surface area contributed by atoms with Gasteiger partial charge >= 0.3 is 6.09 Å². The zero-order valence-electron chi connectivity index (χ0n) is 17.5. The lowest BCUT2D eigenvalue weighted by molar-refractivity contribution is 0.0526. The van der Waals surface area contributed by atoms with E-state index in [1.807, 2.05) is 0 Å². The van der Waals surface area contributed by atoms with Gasteiger partial charge in [0.25, 0.3) is 5.91 Å². The molecule has 31 heavy (non-hydrogen) atoms. The summed E-state index contributed by atoms with van der Waals surface area (Å²) in [5.74, 6) is -0.129. The number of nitrogens with zero attached hydrogens (tertiary/aromatic N) is 5. The molecule has 2 heterocycles. The lowest BCUT2D eigenvalue weighted by Crippen LogP contribution is -2.37. The second-order valence-corrected chi connectivity index (χ2v) is 7.16. The van der Waals surface area contributed by atoms with Crippen LogP contribution >= 0.6 is 0 Å². The van der Waals surface area contributed by atoms with E-state index in [0.717, 1.165) is 0 Å². The molecule has 2 aromatic heterocycles. The van der Waals surface area contributed by atoms with Crippen LogP contribution in [0.25, 0.3) is 0 Å². The Kier molecular flexibility index (Phi) is 7.94. The van der Waals surface area contributed by atoms with Gasteiger partial charge in [0.2, 0.25) is 0 Å². The highest BCUT2D eigenvalue weighted by molar-refractivity contribution is 5.99. The van der Waals surface area contributed by atoms with Gasteiger partial charge in [-0.25, -0.2) is 14.8 Å². The number of carbonyl (C=O) groups is 2. The SMILES string of the molecule is CC(C)(C)OC(=O)NCCNC(=O)c1ccc(/C(N)=N/N=C(\N)c2ncccn2)nc1. The van der Waals surface area contributed by atoms with Crippen molar-refractivity contribution in [3.63, 3.8) is 0 Å². The van der Waals surface area contributed by atoms with Gasteiger partial charge in [0.05, 0.1) is 5.56 Å². The number of aromatic nitrogens is 3. The summed E-state index contributed by atoms with van der Waals surface area (Å²) >= 11 is 0. The van der Waals surface area contributed by atoms with E-state index in [4.69, 9.17) is 16.2 Å². The normalized spacial score (nSPS) is 12.2. The first-order valence-electron chi connectivity index (χ1n) is 9.31. The maximum atomic E-state index is 12.2. The third kappa shape index (κ3) is 8.04. The Hall–Kier alpha value is -4.09. The van der Waals surface area contributed by atoms with Crippen molar-refractivity contribution in [3.8, 4) is 0 Å². The Morgan fingerprint density at radius 2 is 1.65 bits per heavy atom. The molecule has 0 saturated heterocycles. The Morgan fingerprint density at radius 3 is 2.26 bits per heavy atom. The van der Waals surface area contributed by atoms with Crippen LogP contribution in [0.5, 0.6) is 0 Å². The van der Waals surface area contributed by atoms with Gasteiger partial charge in [-0.1, -0.05) is 0 Å². The van der Waals surface area contributed by atoms with Gasteiger partial charge < -0.3 is 26.8 Å². The summed E-state index contributed by atoms with van der Waals surface area (Å²) in [7, 11) is 0. The average Bonchev–Trinajstić information content (AvgIpc) is 2.74. The molecule has 12 heteroatoms. The number of ether oxygens (including phenoxy) is 1. The highest BCUT2D eigenvalue weighted by Crippen LogP contribution is 2.06. The number of amidine groups is 2. The Bertz CT molecular complexity index is 952. The molecule has 0 saturated carbocycles. The summed E-state index contributed by atoms with van der Waals surface area (Å²) in [6.07, 6.45) is 3.85. The average molecular weight is 427 g/mol. The predicted octanol–water partition coefficient (Wildman–Crippen LogP) is 0.152. The third-order valence-electron chi connectivity index (χ3n) is 3.43. The molecule has 0 bridgehead atoms. The van der Waals surface area contributed by atoms with E-state index in [-0.39, 0.29) is 36.5 Å². The zero-order chi connectivity index (χ0) is 22.9. The van der Waals surface area contributed by atoms with Crippen molar-refractivity contribution in [1.82, 2.24) is 25.6 Å². The Balaban J connectivity index is 1.86. The topological polar surface area (TPSA) is 183 Å². The second-order valence-electron chi connectivity index (χ2n) is 7.16. The van der Waals surface area contributed by atoms with Gasteiger partial charge in [-0.2, -0.15) is 0 Å². The van der Waals surface area contributed by atoms with Crippen LogP contribution in [-0.4, -0.2) is 57.3 Å². The molecule has 164 valence electrons. The molecular formula is C19H25N9O3. The zero-order valence-corrected chi connectivity index (χ0v) is 17.5. The smallest absolute Gasteiger partial charge is 0.407 e. The molecule has 0 aliphatic rings. The Labute approximate surface area is 179 Å². The van der Waals surface area contributed by atoms with Crippen LogP contribution in [0.4, 0.5) is 4.79 Å². The summed E-state index contributed by atoms with van der Waals surface area (Å²) in [5.41, 5.74) is 11.6. The minimum atomic E-state index is -0.585. The first-order chi connectivity index (χ1) is 14.7. The predicted molar refractivity (Wildman–Crippen MR) is 114 cm³/mol. The van der Waals surface area contributed by atoms with E-state index in [2.05, 4.69) is 35.8 Å². The molecule has 12 nitrogen and oxygen atoms in total. The van der Waals surface area contributed by atoms with Crippen LogP contribution in [0, 0.1) is 0 Å². The van der Waals surface area contributed by atoms with E-state index < -0.39 is 11.7 Å². The summed E-state index contributed by atoms with van der Waals surface area (Å²) in [4.78, 5) is 35.7. The fourth-order valence-corrected chi connectivity index (χ4v) is 2.07. The summed E-state index contributed by atoms with van der Waals surface area (Å²) in [5, 5.41) is 12.8. The molecular weight excluding hydrogens is 402 g/mol. The number of alkyl carbamates (subject to hydrolysis) is 1. The largest absolute Gasteiger partial charge is 0.444 e. The van der Waals surface area contributed by atoms with Gasteiger partial charge in [0.1, 0.15) is 11.3 Å². The molecule has 0 aliphatic carbocycles. The Morgan fingerprint density at radius 1 is 1.00 bits per heavy atom. The molecule has 0 unspecified atom stereocenters. The molecule has 6 N–H and O–H groups in total. The lowest BCUT2D eigenvalue weighted by atomic mass is 10.2. The number of amides is 2. The van der Waals surface area contributed by atoms with E-state index in [0.29, 0.717) is 11.3 Å². The second kappa shape index (κ2) is 10.6. The van der Waals surface area contributed by atoms with E-state index in [9.17, 15) is 9.59 Å². The number of hydrogen-bond donors (Lipinski definition) is 4. The highest BCUT2D eigenvalue weighted by atomic mass is 16.6. The van der Waals surface area contributed by atoms with Crippen LogP contribution in [0.2, 0.25) is 0 Å². The summed E-state index contributed by atoms with van der Waals surface area (Å²) < 4.78 is 5.10. The van der Waals surface area contributed by atoms with Gasteiger partial charge in [-0.05, 0) is 39.0 Å². The lowest BCUT2D eigenvalue weighted by Gasteiger charge is -2.19. The van der Waals surface area contributed by atoms with Crippen molar-refractivity contribution in [1.29, 1.82) is 0 Å². The number of nitrogens with two attached hydrogens (primary N) is 2. The molecule has 2 aromatic rings. The molecule has 0 aromatic carbocycles. The van der Waals surface area contributed by atoms with Crippen LogP contribution in [0.15, 0.2) is 47.0 Å². The maximum absolute atomic E-state index is 12.2. The van der Waals surface area contributed by atoms with E-state index >= 15 is 0 Å². The van der Waals surface area contributed by atoms with Crippen molar-refractivity contribution in [2.45, 2.75) is 26.4 Å². The minimum Gasteiger partial charge on any atom is -0.444 e. The van der Waals surface area contributed by atoms with Crippen molar-refractivity contribution in [3.05, 3.63) is 53.9 Å². The molecule has 2 rings (SSSR count). The van der Waals surface area contributed by atoms with Crippen molar-refractivity contribution in [2.75, 3.05) is 13.1 Å². The first-order valence-corrected chi connectivity index (χ1v) is 9.31. The summed E-state index contributed by atoms with van der Waals surface area (Å²) in [6.45, 7) is 5.74. The van der Waals surface area contributed by atoms with Gasteiger partial charge in [-0.15, -0.1) is 10.2 Å². The number of rotatable bonds is 7. The molecule has 2 amide bonds. The third-order valence-corrected chi connectivity index (χ3v) is 3.43. The minimum absolute atomic E-state index is 0.000427. The van der Waals surface area contributed by atoms with Gasteiger partial charge in [0, 0.05) is 31.7 Å². The number of carbonyl (C=O) groups excluding carboxylic acids is 2. The first kappa shape index (κ1) is 23.2. The molecule has 0 atom stereocenters. The maximum Gasteiger partial charge on any atom is 0.407 e. The standard InChI is InChI=1S/C19H25N9O3/c1-19(2,3)31-18(30)25-10-9-24-17(29)12-5-6-13(26-11-12)14(20)27-28-15(21)16-22-7-4-8-23-16/h4-8,11H,9-10H2,1-3H3,(H2,20,27)(H2,21,28)(H,24,29)(H,25,30). The fourth-order valence-electron chi connectivity index (χ4n) is 2.07. The van der Waals surface area contributed by atoms with E-state index in [1.165, 1.54) is 30.7 Å². The van der Waals surface area contributed by atoms with Gasteiger partial charge in [-0.3, -0.25) is 9.78 Å². The van der Waals surface area contributed by atoms with Crippen molar-refractivity contribution in [2.24, 2.45) is 21.7 Å². The van der Waals surface area contributed by atoms with Gasteiger partial charge in [0.15, 0.2) is 17.5 Å². The van der Waals surface area contributed by atoms with Crippen LogP contribution < -0.4 is 22.1 Å². The molecule has 0 spiro atoms. The number of pyridine rings is 1. The molecule has 0 aliphatic heterocycles. The monoisotopic (exact) mass is 427 g/mol. The number of nitrogens with one attached hydrogen (secondary N) is 2. The van der Waals surface area contributed by atoms with Crippen LogP contribution in [0.3, 0.4) is 0 Å². The molecule has 0 radical (unpaired) electrons. The van der Waals surface area contributed by atoms with Crippen molar-refractivity contribution < 1.29 is 14.3 Å². The summed E-state index contributed by atoms with van der Waals surface area (Å²) in [6, 6.07) is 4.71. The fraction of sp³-hybridized carbons (Fsp3) is 0.316. The van der Waals surface area contributed by atoms with Crippen LogP contribution in [0.1, 0.15) is 42.6 Å². The highest BCUT2D eigenvalue weighted by Gasteiger charge is 2.15. The number of hydrogen-bond acceptors (Lipinski definition) is 8.